The molecule has 0 atom stereocenters. The number of pyridine rings is 1. The van der Waals surface area contributed by atoms with Gasteiger partial charge >= 0.3 is 0 Å². The van der Waals surface area contributed by atoms with Crippen molar-refractivity contribution in [2.75, 3.05) is 11.9 Å². The summed E-state index contributed by atoms with van der Waals surface area (Å²) in [5, 5.41) is 11.4. The predicted molar refractivity (Wildman–Crippen MR) is 84.8 cm³/mol. The molecule has 0 saturated heterocycles. The Labute approximate surface area is 127 Å². The van der Waals surface area contributed by atoms with Gasteiger partial charge in [0.05, 0.1) is 0 Å². The molecule has 0 radical (unpaired) electrons. The largest absolute Gasteiger partial charge is 0.384 e. The number of unbranched alkanes of at least 4 members (excludes halogenated alkanes) is 5. The highest BCUT2D eigenvalue weighted by atomic mass is 16.2. The third-order valence-corrected chi connectivity index (χ3v) is 3.10. The van der Waals surface area contributed by atoms with Gasteiger partial charge in [-0.3, -0.25) is 4.79 Å². The van der Waals surface area contributed by atoms with Crippen LogP contribution in [0.25, 0.3) is 0 Å². The number of carbonyl (C=O) groups is 1. The smallest absolute Gasteiger partial charge is 0.225 e. The highest BCUT2D eigenvalue weighted by Gasteiger charge is 2.03. The lowest BCUT2D eigenvalue weighted by atomic mass is 10.1. The van der Waals surface area contributed by atoms with Crippen LogP contribution in [-0.2, 0) is 4.79 Å². The van der Waals surface area contributed by atoms with E-state index in [0.29, 0.717) is 12.2 Å². The van der Waals surface area contributed by atoms with Crippen LogP contribution < -0.4 is 5.32 Å². The first-order valence-corrected chi connectivity index (χ1v) is 7.62. The van der Waals surface area contributed by atoms with E-state index in [9.17, 15) is 4.79 Å². The van der Waals surface area contributed by atoms with Crippen LogP contribution in [0, 0.1) is 11.8 Å². The second kappa shape index (κ2) is 10.9. The number of aliphatic hydroxyl groups excluding tert-OH is 1. The molecule has 0 aliphatic heterocycles. The van der Waals surface area contributed by atoms with Crippen LogP contribution in [0.15, 0.2) is 18.3 Å². The van der Waals surface area contributed by atoms with Crippen LogP contribution in [0.3, 0.4) is 0 Å². The molecule has 0 spiro atoms. The van der Waals surface area contributed by atoms with E-state index in [1.807, 2.05) is 0 Å². The van der Waals surface area contributed by atoms with Gasteiger partial charge in [-0.15, -0.1) is 0 Å². The molecular formula is C17H24N2O2. The van der Waals surface area contributed by atoms with Crippen LogP contribution in [0.5, 0.6) is 0 Å². The third-order valence-electron chi connectivity index (χ3n) is 3.10. The molecule has 1 amide bonds. The Morgan fingerprint density at radius 1 is 1.29 bits per heavy atom. The Morgan fingerprint density at radius 2 is 2.05 bits per heavy atom. The van der Waals surface area contributed by atoms with Gasteiger partial charge in [-0.25, -0.2) is 4.98 Å². The highest BCUT2D eigenvalue weighted by molar-refractivity contribution is 5.89. The molecule has 4 heteroatoms. The number of aliphatic hydroxyl groups is 1. The van der Waals surface area contributed by atoms with Crippen molar-refractivity contribution in [3.63, 3.8) is 0 Å². The van der Waals surface area contributed by atoms with Crippen LogP contribution in [-0.4, -0.2) is 22.6 Å². The standard InChI is InChI=1S/C17H24N2O2/c1-2-3-4-5-6-7-10-17(21)19-16-14-15(9-8-13-20)11-12-18-16/h11-12,14,20H,2-7,10,13H2,1H3,(H,18,19,21). The van der Waals surface area contributed by atoms with E-state index >= 15 is 0 Å². The van der Waals surface area contributed by atoms with Crippen molar-refractivity contribution in [3.05, 3.63) is 23.9 Å². The van der Waals surface area contributed by atoms with Crippen molar-refractivity contribution in [3.8, 4) is 11.8 Å². The number of carbonyl (C=O) groups excluding carboxylic acids is 1. The van der Waals surface area contributed by atoms with Gasteiger partial charge in [0.25, 0.3) is 0 Å². The summed E-state index contributed by atoms with van der Waals surface area (Å²) in [6, 6.07) is 3.45. The number of hydrogen-bond donors (Lipinski definition) is 2. The van der Waals surface area contributed by atoms with E-state index in [2.05, 4.69) is 29.1 Å². The molecule has 0 bridgehead atoms. The minimum atomic E-state index is -0.179. The molecule has 2 N–H and O–H groups in total. The minimum absolute atomic E-state index is 0.00902. The van der Waals surface area contributed by atoms with Crippen LogP contribution >= 0.6 is 0 Å². The SMILES string of the molecule is CCCCCCCCC(=O)Nc1cc(C#CCO)ccn1. The molecule has 0 aliphatic rings. The summed E-state index contributed by atoms with van der Waals surface area (Å²) in [6.45, 7) is 2.02. The number of anilines is 1. The normalized spacial score (nSPS) is 9.81. The number of amides is 1. The van der Waals surface area contributed by atoms with Crippen molar-refractivity contribution < 1.29 is 9.90 Å². The quantitative estimate of drug-likeness (QED) is 0.570. The first-order valence-electron chi connectivity index (χ1n) is 7.62. The zero-order chi connectivity index (χ0) is 15.3. The van der Waals surface area contributed by atoms with E-state index in [-0.39, 0.29) is 12.5 Å². The van der Waals surface area contributed by atoms with E-state index in [1.54, 1.807) is 18.3 Å². The molecule has 0 saturated carbocycles. The van der Waals surface area contributed by atoms with Gasteiger partial charge in [-0.2, -0.15) is 0 Å². The third kappa shape index (κ3) is 8.11. The Bertz CT molecular complexity index is 489. The molecule has 0 aliphatic carbocycles. The fourth-order valence-electron chi connectivity index (χ4n) is 1.99. The predicted octanol–water partition coefficient (Wildman–Crippen LogP) is 3.11. The van der Waals surface area contributed by atoms with Crippen molar-refractivity contribution >= 4 is 11.7 Å². The lowest BCUT2D eigenvalue weighted by molar-refractivity contribution is -0.116. The average Bonchev–Trinajstić information content (AvgIpc) is 2.49. The summed E-state index contributed by atoms with van der Waals surface area (Å²) in [6.07, 6.45) is 9.11. The monoisotopic (exact) mass is 288 g/mol. The molecule has 1 rings (SSSR count). The van der Waals surface area contributed by atoms with Gasteiger partial charge < -0.3 is 10.4 Å². The van der Waals surface area contributed by atoms with Gasteiger partial charge in [0.1, 0.15) is 12.4 Å². The molecule has 1 heterocycles. The number of aromatic nitrogens is 1. The summed E-state index contributed by atoms with van der Waals surface area (Å²) in [4.78, 5) is 15.9. The minimum Gasteiger partial charge on any atom is -0.384 e. The maximum atomic E-state index is 11.8. The van der Waals surface area contributed by atoms with Crippen molar-refractivity contribution in [2.24, 2.45) is 0 Å². The lowest BCUT2D eigenvalue weighted by Gasteiger charge is -2.04. The van der Waals surface area contributed by atoms with Gasteiger partial charge in [-0.05, 0) is 18.6 Å². The van der Waals surface area contributed by atoms with E-state index in [4.69, 9.17) is 5.11 Å². The summed E-state index contributed by atoms with van der Waals surface area (Å²) < 4.78 is 0. The summed E-state index contributed by atoms with van der Waals surface area (Å²) in [7, 11) is 0. The first-order chi connectivity index (χ1) is 10.3. The molecule has 0 fully saturated rings. The molecule has 0 unspecified atom stereocenters. The Kier molecular flexibility index (Phi) is 8.90. The molecular weight excluding hydrogens is 264 g/mol. The lowest BCUT2D eigenvalue weighted by Crippen LogP contribution is -2.12. The zero-order valence-corrected chi connectivity index (χ0v) is 12.7. The van der Waals surface area contributed by atoms with Gasteiger partial charge in [0, 0.05) is 18.2 Å². The van der Waals surface area contributed by atoms with E-state index < -0.39 is 0 Å². The number of nitrogens with zero attached hydrogens (tertiary/aromatic N) is 1. The van der Waals surface area contributed by atoms with Crippen LogP contribution in [0.4, 0.5) is 5.82 Å². The molecule has 4 nitrogen and oxygen atoms in total. The average molecular weight is 288 g/mol. The number of rotatable bonds is 8. The molecule has 21 heavy (non-hydrogen) atoms. The Balaban J connectivity index is 2.31. The maximum absolute atomic E-state index is 11.8. The summed E-state index contributed by atoms with van der Waals surface area (Å²) in [5.41, 5.74) is 0.730. The first kappa shape index (κ1) is 17.2. The molecule has 114 valence electrons. The van der Waals surface area contributed by atoms with Crippen molar-refractivity contribution in [1.29, 1.82) is 0 Å². The summed E-state index contributed by atoms with van der Waals surface area (Å²) in [5.74, 6) is 5.86. The zero-order valence-electron chi connectivity index (χ0n) is 12.7. The second-order valence-electron chi connectivity index (χ2n) is 4.96. The fraction of sp³-hybridized carbons (Fsp3) is 0.529. The fourth-order valence-corrected chi connectivity index (χ4v) is 1.99. The Morgan fingerprint density at radius 3 is 2.81 bits per heavy atom. The Hall–Kier alpha value is -1.86. The van der Waals surface area contributed by atoms with Gasteiger partial charge in [0.15, 0.2) is 0 Å². The highest BCUT2D eigenvalue weighted by Crippen LogP contribution is 2.09. The van der Waals surface area contributed by atoms with Gasteiger partial charge in [0.2, 0.25) is 5.91 Å². The van der Waals surface area contributed by atoms with E-state index in [0.717, 1.165) is 18.4 Å². The van der Waals surface area contributed by atoms with Crippen LogP contribution in [0.2, 0.25) is 0 Å². The molecule has 1 aromatic heterocycles. The summed E-state index contributed by atoms with van der Waals surface area (Å²) >= 11 is 0. The topological polar surface area (TPSA) is 62.2 Å². The second-order valence-corrected chi connectivity index (χ2v) is 4.96. The van der Waals surface area contributed by atoms with Crippen molar-refractivity contribution in [2.45, 2.75) is 51.9 Å². The maximum Gasteiger partial charge on any atom is 0.225 e. The van der Waals surface area contributed by atoms with Crippen LogP contribution in [0.1, 0.15) is 57.4 Å². The van der Waals surface area contributed by atoms with E-state index in [1.165, 1.54) is 25.7 Å². The van der Waals surface area contributed by atoms with Crippen molar-refractivity contribution in [1.82, 2.24) is 4.98 Å². The molecule has 0 aromatic carbocycles. The molecule has 1 aromatic rings. The van der Waals surface area contributed by atoms with Gasteiger partial charge in [-0.1, -0.05) is 50.9 Å². The number of hydrogen-bond acceptors (Lipinski definition) is 3. The number of nitrogens with one attached hydrogen (secondary N) is 1.